The first-order chi connectivity index (χ1) is 19.7. The van der Waals surface area contributed by atoms with Crippen LogP contribution in [-0.2, 0) is 4.79 Å². The van der Waals surface area contributed by atoms with Crippen molar-refractivity contribution in [2.75, 3.05) is 6.61 Å². The Bertz CT molecular complexity index is 536. The predicted molar refractivity (Wildman–Crippen MR) is 175 cm³/mol. The lowest BCUT2D eigenvalue weighted by Gasteiger charge is -2.19. The highest BCUT2D eigenvalue weighted by molar-refractivity contribution is 5.76. The molecule has 238 valence electrons. The molecule has 0 rings (SSSR count). The van der Waals surface area contributed by atoms with Gasteiger partial charge in [0.15, 0.2) is 0 Å². The molecule has 2 atom stereocenters. The third-order valence-electron chi connectivity index (χ3n) is 8.24. The van der Waals surface area contributed by atoms with Crippen molar-refractivity contribution in [1.82, 2.24) is 5.32 Å². The summed E-state index contributed by atoms with van der Waals surface area (Å²) in [4.78, 5) is 11.7. The molecular weight excluding hydrogens is 494 g/mol. The SMILES string of the molecule is CCCCCCCCCCCCCCCCCCCCCCCCCCC/C=C/C(O)C(CO)NC(=O)CCC. The van der Waals surface area contributed by atoms with Gasteiger partial charge in [0, 0.05) is 6.42 Å². The third kappa shape index (κ3) is 28.7. The first kappa shape index (κ1) is 39.1. The van der Waals surface area contributed by atoms with E-state index in [2.05, 4.69) is 12.2 Å². The van der Waals surface area contributed by atoms with Gasteiger partial charge in [-0.15, -0.1) is 0 Å². The van der Waals surface area contributed by atoms with E-state index >= 15 is 0 Å². The summed E-state index contributed by atoms with van der Waals surface area (Å²) < 4.78 is 0. The average Bonchev–Trinajstić information content (AvgIpc) is 2.95. The first-order valence-corrected chi connectivity index (χ1v) is 17.9. The standard InChI is InChI=1S/C36H71NO3/c1-3-5-6-7-8-9-10-11-12-13-14-15-16-17-18-19-20-21-22-23-24-25-26-27-28-29-30-32-35(39)34(33-38)37-36(40)31-4-2/h30,32,34-35,38-39H,3-29,31,33H2,1-2H3,(H,37,40)/b32-30+. The lowest BCUT2D eigenvalue weighted by atomic mass is 10.0. The molecule has 4 nitrogen and oxygen atoms in total. The summed E-state index contributed by atoms with van der Waals surface area (Å²) in [7, 11) is 0. The smallest absolute Gasteiger partial charge is 0.220 e. The maximum Gasteiger partial charge on any atom is 0.220 e. The number of amides is 1. The Balaban J connectivity index is 3.29. The second-order valence-electron chi connectivity index (χ2n) is 12.3. The van der Waals surface area contributed by atoms with Crippen LogP contribution in [0.3, 0.4) is 0 Å². The minimum absolute atomic E-state index is 0.116. The van der Waals surface area contributed by atoms with Crippen molar-refractivity contribution in [3.63, 3.8) is 0 Å². The molecule has 40 heavy (non-hydrogen) atoms. The van der Waals surface area contributed by atoms with E-state index in [9.17, 15) is 15.0 Å². The van der Waals surface area contributed by atoms with Gasteiger partial charge in [-0.2, -0.15) is 0 Å². The minimum atomic E-state index is -0.829. The molecule has 0 heterocycles. The van der Waals surface area contributed by atoms with Crippen LogP contribution in [0.25, 0.3) is 0 Å². The molecule has 0 bridgehead atoms. The molecule has 3 N–H and O–H groups in total. The largest absolute Gasteiger partial charge is 0.394 e. The summed E-state index contributed by atoms with van der Waals surface area (Å²) in [5.74, 6) is -0.116. The van der Waals surface area contributed by atoms with Crippen LogP contribution in [0.4, 0.5) is 0 Å². The maximum absolute atomic E-state index is 11.7. The van der Waals surface area contributed by atoms with Crippen LogP contribution < -0.4 is 5.32 Å². The lowest BCUT2D eigenvalue weighted by Crippen LogP contribution is -2.45. The van der Waals surface area contributed by atoms with E-state index in [0.29, 0.717) is 6.42 Å². The van der Waals surface area contributed by atoms with E-state index in [1.807, 2.05) is 13.0 Å². The molecule has 1 amide bonds. The van der Waals surface area contributed by atoms with Crippen LogP contribution in [0, 0.1) is 0 Å². The van der Waals surface area contributed by atoms with Crippen molar-refractivity contribution in [3.05, 3.63) is 12.2 Å². The van der Waals surface area contributed by atoms with E-state index < -0.39 is 12.1 Å². The molecule has 4 heteroatoms. The van der Waals surface area contributed by atoms with Crippen molar-refractivity contribution in [3.8, 4) is 0 Å². The van der Waals surface area contributed by atoms with Gasteiger partial charge in [-0.25, -0.2) is 0 Å². The summed E-state index contributed by atoms with van der Waals surface area (Å²) >= 11 is 0. The maximum atomic E-state index is 11.7. The fourth-order valence-electron chi connectivity index (χ4n) is 5.52. The third-order valence-corrected chi connectivity index (χ3v) is 8.24. The molecule has 0 aromatic carbocycles. The van der Waals surface area contributed by atoms with Crippen molar-refractivity contribution < 1.29 is 15.0 Å². The van der Waals surface area contributed by atoms with Crippen LogP contribution in [0.15, 0.2) is 12.2 Å². The Morgan fingerprint density at radius 3 is 1.25 bits per heavy atom. The van der Waals surface area contributed by atoms with Gasteiger partial charge in [-0.05, 0) is 19.3 Å². The zero-order valence-corrected chi connectivity index (χ0v) is 27.1. The van der Waals surface area contributed by atoms with Gasteiger partial charge >= 0.3 is 0 Å². The zero-order chi connectivity index (χ0) is 29.4. The van der Waals surface area contributed by atoms with E-state index in [4.69, 9.17) is 0 Å². The normalized spacial score (nSPS) is 13.2. The molecule has 0 aromatic heterocycles. The molecule has 0 saturated heterocycles. The van der Waals surface area contributed by atoms with Crippen LogP contribution in [0.2, 0.25) is 0 Å². The summed E-state index contributed by atoms with van der Waals surface area (Å²) in [6.07, 6.45) is 40.2. The van der Waals surface area contributed by atoms with Crippen molar-refractivity contribution >= 4 is 5.91 Å². The van der Waals surface area contributed by atoms with Gasteiger partial charge in [-0.1, -0.05) is 180 Å². The molecule has 0 aliphatic rings. The highest BCUT2D eigenvalue weighted by Crippen LogP contribution is 2.16. The number of allylic oxidation sites excluding steroid dienone is 1. The van der Waals surface area contributed by atoms with Gasteiger partial charge in [0.25, 0.3) is 0 Å². The van der Waals surface area contributed by atoms with Crippen molar-refractivity contribution in [2.45, 2.75) is 206 Å². The van der Waals surface area contributed by atoms with Gasteiger partial charge in [-0.3, -0.25) is 4.79 Å². The number of aliphatic hydroxyl groups excluding tert-OH is 2. The molecule has 0 saturated carbocycles. The van der Waals surface area contributed by atoms with Gasteiger partial charge < -0.3 is 15.5 Å². The zero-order valence-electron chi connectivity index (χ0n) is 27.1. The Labute approximate surface area is 250 Å². The predicted octanol–water partition coefficient (Wildman–Crippen LogP) is 10.3. The number of carbonyl (C=O) groups is 1. The van der Waals surface area contributed by atoms with Crippen molar-refractivity contribution in [2.24, 2.45) is 0 Å². The molecule has 0 aliphatic carbocycles. The van der Waals surface area contributed by atoms with Gasteiger partial charge in [0.1, 0.15) is 0 Å². The van der Waals surface area contributed by atoms with Crippen molar-refractivity contribution in [1.29, 1.82) is 0 Å². The molecular formula is C36H71NO3. The quantitative estimate of drug-likeness (QED) is 0.0561. The number of nitrogens with one attached hydrogen (secondary N) is 1. The second-order valence-corrected chi connectivity index (χ2v) is 12.3. The summed E-state index contributed by atoms with van der Waals surface area (Å²) in [6, 6.07) is -0.612. The fraction of sp³-hybridized carbons (Fsp3) is 0.917. The molecule has 0 radical (unpaired) electrons. The van der Waals surface area contributed by atoms with Gasteiger partial charge in [0.05, 0.1) is 18.8 Å². The number of rotatable bonds is 32. The number of carbonyl (C=O) groups excluding carboxylic acids is 1. The molecule has 0 spiro atoms. The second kappa shape index (κ2) is 32.6. The van der Waals surface area contributed by atoms with Crippen LogP contribution >= 0.6 is 0 Å². The van der Waals surface area contributed by atoms with Crippen LogP contribution in [0.5, 0.6) is 0 Å². The van der Waals surface area contributed by atoms with Crippen LogP contribution in [0.1, 0.15) is 194 Å². The number of aliphatic hydroxyl groups is 2. The summed E-state index contributed by atoms with van der Waals surface area (Å²) in [5, 5.41) is 22.3. The number of hydrogen-bond donors (Lipinski definition) is 3. The minimum Gasteiger partial charge on any atom is -0.394 e. The van der Waals surface area contributed by atoms with E-state index in [-0.39, 0.29) is 12.5 Å². The topological polar surface area (TPSA) is 69.6 Å². The summed E-state index contributed by atoms with van der Waals surface area (Å²) in [6.45, 7) is 3.98. The van der Waals surface area contributed by atoms with Crippen LogP contribution in [-0.4, -0.2) is 34.9 Å². The number of hydrogen-bond acceptors (Lipinski definition) is 3. The number of unbranched alkanes of at least 4 members (excludes halogenated alkanes) is 25. The Kier molecular flexibility index (Phi) is 31.9. The molecule has 0 aromatic rings. The average molecular weight is 566 g/mol. The van der Waals surface area contributed by atoms with E-state index in [0.717, 1.165) is 19.3 Å². The Morgan fingerprint density at radius 1 is 0.575 bits per heavy atom. The Hall–Kier alpha value is -0.870. The molecule has 0 fully saturated rings. The fourth-order valence-corrected chi connectivity index (χ4v) is 5.52. The molecule has 2 unspecified atom stereocenters. The summed E-state index contributed by atoms with van der Waals surface area (Å²) in [5.41, 5.74) is 0. The van der Waals surface area contributed by atoms with E-state index in [1.54, 1.807) is 6.08 Å². The first-order valence-electron chi connectivity index (χ1n) is 17.9. The molecule has 0 aliphatic heterocycles. The lowest BCUT2D eigenvalue weighted by molar-refractivity contribution is -0.122. The van der Waals surface area contributed by atoms with E-state index in [1.165, 1.54) is 154 Å². The monoisotopic (exact) mass is 566 g/mol. The highest BCUT2D eigenvalue weighted by Gasteiger charge is 2.17. The van der Waals surface area contributed by atoms with Gasteiger partial charge in [0.2, 0.25) is 5.91 Å². The Morgan fingerprint density at radius 2 is 0.925 bits per heavy atom. The highest BCUT2D eigenvalue weighted by atomic mass is 16.3.